The highest BCUT2D eigenvalue weighted by Crippen LogP contribution is 2.65. The first-order chi connectivity index (χ1) is 12.0. The van der Waals surface area contributed by atoms with Crippen molar-refractivity contribution in [1.29, 1.82) is 0 Å². The molecule has 2 amide bonds. The molecule has 0 aromatic carbocycles. The van der Waals surface area contributed by atoms with Crippen LogP contribution in [0.3, 0.4) is 0 Å². The molecule has 0 aromatic heterocycles. The molecule has 0 aliphatic heterocycles. The van der Waals surface area contributed by atoms with Gasteiger partial charge in [0.05, 0.1) is 10.8 Å². The second-order valence-electron chi connectivity index (χ2n) is 10.1. The van der Waals surface area contributed by atoms with E-state index in [4.69, 9.17) is 11.5 Å². The lowest BCUT2D eigenvalue weighted by Crippen LogP contribution is -2.67. The van der Waals surface area contributed by atoms with Crippen LogP contribution in [0.25, 0.3) is 0 Å². The van der Waals surface area contributed by atoms with Crippen molar-refractivity contribution in [3.63, 3.8) is 0 Å². The Morgan fingerprint density at radius 2 is 1.04 bits per heavy atom. The van der Waals surface area contributed by atoms with E-state index in [0.717, 1.165) is 25.7 Å². The number of primary amides is 2. The zero-order valence-electron chi connectivity index (χ0n) is 17.7. The minimum Gasteiger partial charge on any atom is -0.369 e. The average molecular weight is 365 g/mol. The van der Waals surface area contributed by atoms with Gasteiger partial charge in [0.2, 0.25) is 11.8 Å². The zero-order valence-corrected chi connectivity index (χ0v) is 17.7. The molecule has 2 aliphatic carbocycles. The molecule has 2 rings (SSSR count). The van der Waals surface area contributed by atoms with Gasteiger partial charge in [-0.05, 0) is 61.2 Å². The van der Waals surface area contributed by atoms with Crippen LogP contribution in [0, 0.1) is 46.3 Å². The molecule has 2 saturated carbocycles. The Balaban J connectivity index is 2.79. The van der Waals surface area contributed by atoms with Gasteiger partial charge in [0.15, 0.2) is 0 Å². The van der Waals surface area contributed by atoms with Crippen LogP contribution in [0.2, 0.25) is 0 Å². The standard InChI is InChI=1S/C22H40N2O2/c1-13(2)17-9-7-15(5)11-21(17,19(23)25)22(20(24)26)12-16(6)8-10-18(22)14(3)4/h13-18H,7-12H2,1-6H3,(H2,23,25)(H2,24,26). The zero-order chi connectivity index (χ0) is 19.9. The van der Waals surface area contributed by atoms with Gasteiger partial charge in [-0.1, -0.05) is 54.4 Å². The van der Waals surface area contributed by atoms with E-state index >= 15 is 0 Å². The van der Waals surface area contributed by atoms with E-state index in [1.807, 2.05) is 0 Å². The van der Waals surface area contributed by atoms with Crippen molar-refractivity contribution in [2.45, 2.75) is 80.1 Å². The topological polar surface area (TPSA) is 86.2 Å². The van der Waals surface area contributed by atoms with Gasteiger partial charge in [0.1, 0.15) is 0 Å². The third-order valence-corrected chi connectivity index (χ3v) is 7.83. The molecule has 4 heteroatoms. The van der Waals surface area contributed by atoms with Crippen molar-refractivity contribution in [1.82, 2.24) is 0 Å². The molecule has 6 unspecified atom stereocenters. The highest BCUT2D eigenvalue weighted by atomic mass is 16.2. The van der Waals surface area contributed by atoms with Gasteiger partial charge in [-0.3, -0.25) is 9.59 Å². The average Bonchev–Trinajstić information content (AvgIpc) is 2.53. The van der Waals surface area contributed by atoms with Gasteiger partial charge in [0, 0.05) is 0 Å². The Labute approximate surface area is 159 Å². The third kappa shape index (κ3) is 3.07. The highest BCUT2D eigenvalue weighted by molar-refractivity contribution is 5.93. The summed E-state index contributed by atoms with van der Waals surface area (Å²) < 4.78 is 0. The highest BCUT2D eigenvalue weighted by Gasteiger charge is 2.68. The normalized spacial score (nSPS) is 41.4. The number of carbonyl (C=O) groups is 2. The van der Waals surface area contributed by atoms with E-state index in [2.05, 4.69) is 41.5 Å². The molecule has 0 saturated heterocycles. The fraction of sp³-hybridized carbons (Fsp3) is 0.909. The summed E-state index contributed by atoms with van der Waals surface area (Å²) in [5, 5.41) is 0. The van der Waals surface area contributed by atoms with Crippen molar-refractivity contribution < 1.29 is 9.59 Å². The maximum atomic E-state index is 13.2. The number of hydrogen-bond donors (Lipinski definition) is 2. The van der Waals surface area contributed by atoms with Crippen LogP contribution in [0.5, 0.6) is 0 Å². The van der Waals surface area contributed by atoms with Gasteiger partial charge < -0.3 is 11.5 Å². The Morgan fingerprint density at radius 3 is 1.27 bits per heavy atom. The molecule has 0 bridgehead atoms. The van der Waals surface area contributed by atoms with Gasteiger partial charge in [-0.2, -0.15) is 0 Å². The maximum absolute atomic E-state index is 13.2. The van der Waals surface area contributed by atoms with Crippen molar-refractivity contribution in [3.05, 3.63) is 0 Å². The first-order valence-electron chi connectivity index (χ1n) is 10.6. The van der Waals surface area contributed by atoms with Gasteiger partial charge >= 0.3 is 0 Å². The van der Waals surface area contributed by atoms with Crippen molar-refractivity contribution in [2.75, 3.05) is 0 Å². The molecule has 0 radical (unpaired) electrons. The second kappa shape index (κ2) is 7.52. The lowest BCUT2D eigenvalue weighted by Gasteiger charge is -2.61. The van der Waals surface area contributed by atoms with Crippen molar-refractivity contribution in [2.24, 2.45) is 57.8 Å². The summed E-state index contributed by atoms with van der Waals surface area (Å²) in [4.78, 5) is 26.5. The van der Waals surface area contributed by atoms with Crippen LogP contribution in [-0.2, 0) is 9.59 Å². The molecule has 0 spiro atoms. The third-order valence-electron chi connectivity index (χ3n) is 7.83. The fourth-order valence-corrected chi connectivity index (χ4v) is 6.86. The fourth-order valence-electron chi connectivity index (χ4n) is 6.86. The predicted molar refractivity (Wildman–Crippen MR) is 106 cm³/mol. The summed E-state index contributed by atoms with van der Waals surface area (Å²) in [5.41, 5.74) is 10.8. The number of amides is 2. The molecule has 0 aromatic rings. The molecule has 2 fully saturated rings. The molecule has 4 nitrogen and oxygen atoms in total. The largest absolute Gasteiger partial charge is 0.369 e. The first-order valence-corrected chi connectivity index (χ1v) is 10.6. The lowest BCUT2D eigenvalue weighted by molar-refractivity contribution is -0.184. The van der Waals surface area contributed by atoms with Crippen LogP contribution in [0.1, 0.15) is 80.1 Å². The number of hydrogen-bond acceptors (Lipinski definition) is 2. The van der Waals surface area contributed by atoms with Gasteiger partial charge in [0.25, 0.3) is 0 Å². The van der Waals surface area contributed by atoms with Crippen molar-refractivity contribution in [3.8, 4) is 0 Å². The summed E-state index contributed by atoms with van der Waals surface area (Å²) in [7, 11) is 0. The minimum absolute atomic E-state index is 0.121. The minimum atomic E-state index is -0.825. The Hall–Kier alpha value is -1.06. The van der Waals surface area contributed by atoms with E-state index < -0.39 is 10.8 Å². The Kier molecular flexibility index (Phi) is 6.14. The molecular formula is C22H40N2O2. The molecule has 6 atom stereocenters. The van der Waals surface area contributed by atoms with Gasteiger partial charge in [-0.25, -0.2) is 0 Å². The van der Waals surface area contributed by atoms with Crippen LogP contribution >= 0.6 is 0 Å². The molecule has 4 N–H and O–H groups in total. The molecule has 0 heterocycles. The number of rotatable bonds is 5. The first kappa shape index (κ1) is 21.2. The van der Waals surface area contributed by atoms with Crippen LogP contribution in [0.15, 0.2) is 0 Å². The van der Waals surface area contributed by atoms with Crippen LogP contribution in [-0.4, -0.2) is 11.8 Å². The number of carbonyl (C=O) groups excluding carboxylic acids is 2. The maximum Gasteiger partial charge on any atom is 0.225 e. The summed E-state index contributed by atoms with van der Waals surface area (Å²) in [6, 6.07) is 0. The summed E-state index contributed by atoms with van der Waals surface area (Å²) in [6.45, 7) is 13.1. The quantitative estimate of drug-likeness (QED) is 0.769. The van der Waals surface area contributed by atoms with E-state index in [9.17, 15) is 9.59 Å². The van der Waals surface area contributed by atoms with Crippen LogP contribution in [0.4, 0.5) is 0 Å². The van der Waals surface area contributed by atoms with E-state index in [-0.39, 0.29) is 23.7 Å². The Bertz CT molecular complexity index is 496. The van der Waals surface area contributed by atoms with Gasteiger partial charge in [-0.15, -0.1) is 0 Å². The molecule has 2 aliphatic rings. The molecule has 26 heavy (non-hydrogen) atoms. The molecular weight excluding hydrogens is 324 g/mol. The monoisotopic (exact) mass is 364 g/mol. The second-order valence-corrected chi connectivity index (χ2v) is 10.1. The summed E-state index contributed by atoms with van der Waals surface area (Å²) >= 11 is 0. The predicted octanol–water partition coefficient (Wildman–Crippen LogP) is 4.11. The Morgan fingerprint density at radius 1 is 0.731 bits per heavy atom. The summed E-state index contributed by atoms with van der Waals surface area (Å²) in [6.07, 6.45) is 5.49. The van der Waals surface area contributed by atoms with E-state index in [1.165, 1.54) is 0 Å². The van der Waals surface area contributed by atoms with Crippen LogP contribution < -0.4 is 11.5 Å². The smallest absolute Gasteiger partial charge is 0.225 e. The lowest BCUT2D eigenvalue weighted by atomic mass is 9.40. The summed E-state index contributed by atoms with van der Waals surface area (Å²) in [5.74, 6) is 1.04. The van der Waals surface area contributed by atoms with Crippen molar-refractivity contribution >= 4 is 11.8 Å². The van der Waals surface area contributed by atoms with E-state index in [1.54, 1.807) is 0 Å². The van der Waals surface area contributed by atoms with E-state index in [0.29, 0.717) is 36.5 Å². The number of nitrogens with two attached hydrogens (primary N) is 2. The molecule has 150 valence electrons. The SMILES string of the molecule is CC1CCC(C(C)C)C(C(N)=O)(C2(C(N)=O)CC(C)CCC2C(C)C)C1.